The number of nitrogens with zero attached hydrogens (tertiary/aromatic N) is 2. The molecule has 4 rings (SSSR count). The van der Waals surface area contributed by atoms with Crippen LogP contribution in [0.4, 0.5) is 4.79 Å². The Morgan fingerprint density at radius 3 is 2.33 bits per heavy atom. The molecule has 3 aromatic rings. The number of aromatic nitrogens is 1. The second-order valence-electron chi connectivity index (χ2n) is 8.17. The lowest BCUT2D eigenvalue weighted by molar-refractivity contribution is 0.0545. The molecule has 1 aliphatic rings. The van der Waals surface area contributed by atoms with Crippen molar-refractivity contribution >= 4 is 28.8 Å². The lowest BCUT2D eigenvalue weighted by atomic mass is 10.00. The number of carbonyl (C=O) groups excluding carboxylic acids is 3. The summed E-state index contributed by atoms with van der Waals surface area (Å²) in [6.45, 7) is 5.37. The van der Waals surface area contributed by atoms with Gasteiger partial charge in [0.1, 0.15) is 11.4 Å². The van der Waals surface area contributed by atoms with Gasteiger partial charge >= 0.3 is 6.09 Å². The first-order valence-electron chi connectivity index (χ1n) is 9.51. The quantitative estimate of drug-likeness (QED) is 0.592. The molecule has 0 bridgehead atoms. The van der Waals surface area contributed by atoms with Crippen LogP contribution in [0.1, 0.15) is 41.5 Å². The highest BCUT2D eigenvalue weighted by Gasteiger charge is 2.36. The predicted molar refractivity (Wildman–Crippen MR) is 112 cm³/mol. The van der Waals surface area contributed by atoms with E-state index in [0.717, 1.165) is 10.3 Å². The number of ether oxygens (including phenoxy) is 2. The molecule has 0 saturated heterocycles. The number of amides is 2. The molecule has 2 aromatic carbocycles. The van der Waals surface area contributed by atoms with Crippen molar-refractivity contribution < 1.29 is 23.9 Å². The van der Waals surface area contributed by atoms with Gasteiger partial charge in [0.25, 0.3) is 11.8 Å². The van der Waals surface area contributed by atoms with Gasteiger partial charge in [-0.25, -0.2) is 9.36 Å². The van der Waals surface area contributed by atoms with E-state index in [1.165, 1.54) is 11.6 Å². The maximum absolute atomic E-state index is 13.1. The Labute approximate surface area is 173 Å². The molecule has 2 heterocycles. The van der Waals surface area contributed by atoms with Crippen LogP contribution in [0.3, 0.4) is 0 Å². The Morgan fingerprint density at radius 1 is 0.967 bits per heavy atom. The third-order valence-corrected chi connectivity index (χ3v) is 4.98. The van der Waals surface area contributed by atoms with Crippen molar-refractivity contribution in [1.29, 1.82) is 0 Å². The Kier molecular flexibility index (Phi) is 4.42. The molecule has 0 unspecified atom stereocenters. The molecule has 0 atom stereocenters. The van der Waals surface area contributed by atoms with Crippen LogP contribution >= 0.6 is 0 Å². The summed E-state index contributed by atoms with van der Waals surface area (Å²) in [5.41, 5.74) is 1.48. The maximum atomic E-state index is 13.1. The van der Waals surface area contributed by atoms with Crippen molar-refractivity contribution in [2.75, 3.05) is 14.2 Å². The van der Waals surface area contributed by atoms with Crippen LogP contribution < -0.4 is 4.74 Å². The van der Waals surface area contributed by atoms with E-state index in [2.05, 4.69) is 0 Å². The van der Waals surface area contributed by atoms with Gasteiger partial charge in [-0.15, -0.1) is 0 Å². The van der Waals surface area contributed by atoms with Gasteiger partial charge in [0.05, 0.1) is 29.4 Å². The van der Waals surface area contributed by atoms with Crippen LogP contribution in [0.2, 0.25) is 0 Å². The van der Waals surface area contributed by atoms with Gasteiger partial charge in [-0.05, 0) is 51.1 Å². The summed E-state index contributed by atoms with van der Waals surface area (Å²) in [7, 11) is 3.01. The number of rotatable bonds is 2. The van der Waals surface area contributed by atoms with Crippen LogP contribution in [0.15, 0.2) is 42.5 Å². The van der Waals surface area contributed by atoms with Crippen molar-refractivity contribution in [3.8, 4) is 17.0 Å². The average Bonchev–Trinajstić information content (AvgIpc) is 3.17. The number of hydrogen-bond donors (Lipinski definition) is 0. The first kappa shape index (κ1) is 19.7. The first-order valence-corrected chi connectivity index (χ1v) is 9.51. The third kappa shape index (κ3) is 3.03. The molecule has 0 spiro atoms. The standard InChI is InChI=1S/C23H22N2O5/c1-23(2,3)30-22(28)25-17-10-9-14(29-5)11-13(17)12-18(25)15-7-6-8-16-19(15)21(27)24(4)20(16)26/h6-12H,1-5H3. The highest BCUT2D eigenvalue weighted by molar-refractivity contribution is 6.24. The van der Waals surface area contributed by atoms with E-state index < -0.39 is 17.6 Å². The number of methoxy groups -OCH3 is 1. The number of fused-ring (bicyclic) bond motifs is 2. The van der Waals surface area contributed by atoms with Crippen molar-refractivity contribution in [1.82, 2.24) is 9.47 Å². The molecule has 1 aromatic heterocycles. The Hall–Kier alpha value is -3.61. The third-order valence-electron chi connectivity index (χ3n) is 4.98. The summed E-state index contributed by atoms with van der Waals surface area (Å²) >= 11 is 0. The van der Waals surface area contributed by atoms with E-state index in [9.17, 15) is 14.4 Å². The van der Waals surface area contributed by atoms with E-state index >= 15 is 0 Å². The normalized spacial score (nSPS) is 13.7. The lowest BCUT2D eigenvalue weighted by Crippen LogP contribution is -2.27. The Morgan fingerprint density at radius 2 is 1.67 bits per heavy atom. The molecule has 0 fully saturated rings. The zero-order valence-corrected chi connectivity index (χ0v) is 17.5. The van der Waals surface area contributed by atoms with Gasteiger partial charge in [-0.3, -0.25) is 14.5 Å². The first-order chi connectivity index (χ1) is 14.1. The van der Waals surface area contributed by atoms with Gasteiger partial charge < -0.3 is 9.47 Å². The number of imide groups is 1. The minimum Gasteiger partial charge on any atom is -0.497 e. The van der Waals surface area contributed by atoms with Crippen molar-refractivity contribution in [2.45, 2.75) is 26.4 Å². The number of hydrogen-bond acceptors (Lipinski definition) is 5. The largest absolute Gasteiger partial charge is 0.497 e. The molecular formula is C23H22N2O5. The van der Waals surface area contributed by atoms with Crippen LogP contribution in [-0.4, -0.2) is 47.1 Å². The van der Waals surface area contributed by atoms with Crippen LogP contribution in [0, 0.1) is 0 Å². The summed E-state index contributed by atoms with van der Waals surface area (Å²) in [6.07, 6.45) is -0.569. The van der Waals surface area contributed by atoms with E-state index in [4.69, 9.17) is 9.47 Å². The van der Waals surface area contributed by atoms with Gasteiger partial charge in [-0.1, -0.05) is 12.1 Å². The SMILES string of the molecule is COc1ccc2c(c1)cc(-c1cccc3c1C(=O)N(C)C3=O)n2C(=O)OC(C)(C)C. The van der Waals surface area contributed by atoms with Crippen LogP contribution in [-0.2, 0) is 4.74 Å². The second-order valence-corrected chi connectivity index (χ2v) is 8.17. The van der Waals surface area contributed by atoms with E-state index in [-0.39, 0.29) is 11.5 Å². The minimum atomic E-state index is -0.706. The molecule has 1 aliphatic heterocycles. The van der Waals surface area contributed by atoms with Gasteiger partial charge in [-0.2, -0.15) is 0 Å². The van der Waals surface area contributed by atoms with Crippen LogP contribution in [0.5, 0.6) is 5.75 Å². The van der Waals surface area contributed by atoms with Crippen molar-refractivity contribution in [3.63, 3.8) is 0 Å². The fraction of sp³-hybridized carbons (Fsp3) is 0.261. The fourth-order valence-electron chi connectivity index (χ4n) is 3.64. The Balaban J connectivity index is 2.01. The average molecular weight is 406 g/mol. The summed E-state index contributed by atoms with van der Waals surface area (Å²) in [6, 6.07) is 12.2. The van der Waals surface area contributed by atoms with Crippen molar-refractivity contribution in [3.05, 3.63) is 53.6 Å². The monoisotopic (exact) mass is 406 g/mol. The summed E-state index contributed by atoms with van der Waals surface area (Å²) in [4.78, 5) is 39.5. The molecule has 7 heteroatoms. The predicted octanol–water partition coefficient (Wildman–Crippen LogP) is 4.33. The highest BCUT2D eigenvalue weighted by atomic mass is 16.6. The molecule has 2 amide bonds. The van der Waals surface area contributed by atoms with E-state index in [1.807, 2.05) is 6.07 Å². The number of carbonyl (C=O) groups is 3. The highest BCUT2D eigenvalue weighted by Crippen LogP contribution is 2.36. The molecule has 0 N–H and O–H groups in total. The molecule has 30 heavy (non-hydrogen) atoms. The molecule has 0 saturated carbocycles. The summed E-state index contributed by atoms with van der Waals surface area (Å²) < 4.78 is 12.4. The second kappa shape index (κ2) is 6.73. The van der Waals surface area contributed by atoms with Crippen LogP contribution in [0.25, 0.3) is 22.2 Å². The fourth-order valence-corrected chi connectivity index (χ4v) is 3.64. The molecule has 0 aliphatic carbocycles. The maximum Gasteiger partial charge on any atom is 0.419 e. The smallest absolute Gasteiger partial charge is 0.419 e. The van der Waals surface area contributed by atoms with E-state index in [0.29, 0.717) is 28.1 Å². The van der Waals surface area contributed by atoms with E-state index in [1.54, 1.807) is 64.3 Å². The Bertz CT molecular complexity index is 1220. The van der Waals surface area contributed by atoms with Gasteiger partial charge in [0, 0.05) is 18.0 Å². The summed E-state index contributed by atoms with van der Waals surface area (Å²) in [5.74, 6) is -0.123. The van der Waals surface area contributed by atoms with Crippen molar-refractivity contribution in [2.24, 2.45) is 0 Å². The summed E-state index contributed by atoms with van der Waals surface area (Å²) in [5, 5.41) is 0.748. The zero-order valence-electron chi connectivity index (χ0n) is 17.5. The zero-order chi connectivity index (χ0) is 21.8. The number of benzene rings is 2. The topological polar surface area (TPSA) is 77.8 Å². The molecular weight excluding hydrogens is 384 g/mol. The minimum absolute atomic E-state index is 0.282. The van der Waals surface area contributed by atoms with Gasteiger partial charge in [0.2, 0.25) is 0 Å². The molecule has 0 radical (unpaired) electrons. The van der Waals surface area contributed by atoms with Gasteiger partial charge in [0.15, 0.2) is 0 Å². The lowest BCUT2D eigenvalue weighted by Gasteiger charge is -2.21. The molecule has 154 valence electrons. The molecule has 7 nitrogen and oxygen atoms in total.